The van der Waals surface area contributed by atoms with Crippen LogP contribution < -0.4 is 0 Å². The van der Waals surface area contributed by atoms with Crippen molar-refractivity contribution in [2.75, 3.05) is 14.1 Å². The van der Waals surface area contributed by atoms with Crippen LogP contribution in [0.3, 0.4) is 0 Å². The van der Waals surface area contributed by atoms with E-state index >= 15 is 0 Å². The Labute approximate surface area is 161 Å². The Morgan fingerprint density at radius 3 is 2.35 bits per heavy atom. The van der Waals surface area contributed by atoms with Gasteiger partial charge >= 0.3 is 0 Å². The normalized spacial score (nSPS) is 14.0. The van der Waals surface area contributed by atoms with Crippen molar-refractivity contribution in [3.63, 3.8) is 0 Å². The molecule has 0 radical (unpaired) electrons. The lowest BCUT2D eigenvalue weighted by Gasteiger charge is -2.20. The minimum absolute atomic E-state index is 0.0473. The zero-order chi connectivity index (χ0) is 18.8. The summed E-state index contributed by atoms with van der Waals surface area (Å²) in [6.45, 7) is 5.88. The third-order valence-corrected chi connectivity index (χ3v) is 5.35. The minimum atomic E-state index is -0.0473. The van der Waals surface area contributed by atoms with Crippen LogP contribution in [0.15, 0.2) is 33.8 Å². The second-order valence-electron chi connectivity index (χ2n) is 6.21. The summed E-state index contributed by atoms with van der Waals surface area (Å²) in [7, 11) is 4.03. The molecule has 7 nitrogen and oxygen atoms in total. The molecule has 0 amide bonds. The maximum atomic E-state index is 6.05. The smallest absolute Gasteiger partial charge is 0.229 e. The van der Waals surface area contributed by atoms with Crippen LogP contribution in [0.4, 0.5) is 0 Å². The number of hydrogen-bond donors (Lipinski definition) is 0. The molecule has 0 saturated heterocycles. The molecular formula is C17H21ClN6OS. The van der Waals surface area contributed by atoms with Crippen LogP contribution >= 0.6 is 23.4 Å². The highest BCUT2D eigenvalue weighted by atomic mass is 35.5. The number of rotatable bonds is 6. The highest BCUT2D eigenvalue weighted by molar-refractivity contribution is 7.99. The summed E-state index contributed by atoms with van der Waals surface area (Å²) in [5, 5.41) is 18.3. The molecule has 0 N–H and O–H groups in total. The van der Waals surface area contributed by atoms with Crippen LogP contribution in [0.1, 0.15) is 42.7 Å². The van der Waals surface area contributed by atoms with Crippen LogP contribution in [-0.4, -0.2) is 44.0 Å². The maximum absolute atomic E-state index is 6.05. The van der Waals surface area contributed by atoms with Crippen LogP contribution in [0.2, 0.25) is 5.02 Å². The van der Waals surface area contributed by atoms with E-state index in [2.05, 4.69) is 32.2 Å². The van der Waals surface area contributed by atoms with E-state index in [0.717, 1.165) is 16.7 Å². The van der Waals surface area contributed by atoms with E-state index in [1.165, 1.54) is 11.8 Å². The average molecular weight is 393 g/mol. The van der Waals surface area contributed by atoms with Crippen LogP contribution in [-0.2, 0) is 0 Å². The number of thioether (sulfide) groups is 1. The van der Waals surface area contributed by atoms with E-state index in [1.54, 1.807) is 6.92 Å². The fraction of sp³-hybridized carbons (Fsp3) is 0.412. The summed E-state index contributed by atoms with van der Waals surface area (Å²) in [6.07, 6.45) is 0. The lowest BCUT2D eigenvalue weighted by atomic mass is 10.2. The Kier molecular flexibility index (Phi) is 5.64. The number of aryl methyl sites for hydroxylation is 1. The van der Waals surface area contributed by atoms with E-state index in [9.17, 15) is 0 Å². The van der Waals surface area contributed by atoms with E-state index in [1.807, 2.05) is 49.9 Å². The molecular weight excluding hydrogens is 372 g/mol. The van der Waals surface area contributed by atoms with Gasteiger partial charge in [-0.25, -0.2) is 0 Å². The van der Waals surface area contributed by atoms with Gasteiger partial charge in [-0.2, -0.15) is 0 Å². The van der Waals surface area contributed by atoms with Gasteiger partial charge in [0.2, 0.25) is 11.8 Å². The van der Waals surface area contributed by atoms with Crippen molar-refractivity contribution in [3.05, 3.63) is 46.9 Å². The molecule has 3 rings (SSSR count). The van der Waals surface area contributed by atoms with Crippen molar-refractivity contribution in [1.29, 1.82) is 0 Å². The van der Waals surface area contributed by atoms with Gasteiger partial charge in [0, 0.05) is 17.6 Å². The van der Waals surface area contributed by atoms with Gasteiger partial charge in [0.25, 0.3) is 0 Å². The summed E-state index contributed by atoms with van der Waals surface area (Å²) in [4.78, 5) is 2.09. The minimum Gasteiger partial charge on any atom is -0.424 e. The van der Waals surface area contributed by atoms with E-state index in [-0.39, 0.29) is 11.3 Å². The van der Waals surface area contributed by atoms with Crippen LogP contribution in [0, 0.1) is 6.92 Å². The highest BCUT2D eigenvalue weighted by Gasteiger charge is 2.24. The van der Waals surface area contributed by atoms with Gasteiger partial charge in [-0.05, 0) is 52.2 Å². The fourth-order valence-electron chi connectivity index (χ4n) is 2.38. The monoisotopic (exact) mass is 392 g/mol. The second-order valence-corrected chi connectivity index (χ2v) is 7.96. The number of hydrogen-bond acceptors (Lipinski definition) is 7. The van der Waals surface area contributed by atoms with Crippen molar-refractivity contribution in [1.82, 2.24) is 29.9 Å². The third-order valence-electron chi connectivity index (χ3n) is 4.06. The largest absolute Gasteiger partial charge is 0.424 e. The molecule has 0 aliphatic rings. The van der Waals surface area contributed by atoms with Gasteiger partial charge in [-0.3, -0.25) is 9.47 Å². The van der Waals surface area contributed by atoms with E-state index in [0.29, 0.717) is 16.8 Å². The van der Waals surface area contributed by atoms with Crippen molar-refractivity contribution < 1.29 is 4.42 Å². The predicted octanol–water partition coefficient (Wildman–Crippen LogP) is 4.09. The molecule has 9 heteroatoms. The van der Waals surface area contributed by atoms with Crippen molar-refractivity contribution in [3.8, 4) is 5.69 Å². The van der Waals surface area contributed by atoms with Crippen LogP contribution in [0.5, 0.6) is 0 Å². The van der Waals surface area contributed by atoms with E-state index < -0.39 is 0 Å². The topological polar surface area (TPSA) is 72.9 Å². The molecule has 0 aliphatic heterocycles. The van der Waals surface area contributed by atoms with Gasteiger partial charge in [0.1, 0.15) is 0 Å². The lowest BCUT2D eigenvalue weighted by Crippen LogP contribution is -2.20. The maximum Gasteiger partial charge on any atom is 0.229 e. The number of nitrogens with zero attached hydrogens (tertiary/aromatic N) is 6. The third kappa shape index (κ3) is 3.92. The quantitative estimate of drug-likeness (QED) is 0.585. The summed E-state index contributed by atoms with van der Waals surface area (Å²) < 4.78 is 7.59. The van der Waals surface area contributed by atoms with Gasteiger partial charge in [0.05, 0.1) is 11.3 Å². The molecule has 138 valence electrons. The Hall–Kier alpha value is -1.90. The molecule has 0 aliphatic carbocycles. The zero-order valence-corrected chi connectivity index (χ0v) is 16.9. The summed E-state index contributed by atoms with van der Waals surface area (Å²) in [6, 6.07) is 7.74. The Morgan fingerprint density at radius 2 is 1.77 bits per heavy atom. The first-order valence-corrected chi connectivity index (χ1v) is 9.47. The standard InChI is InChI=1S/C17H21ClN6OS/c1-10(23(4)5)15-20-22-17(24(15)14-8-6-13(18)7-9-14)26-11(2)16-21-19-12(3)25-16/h6-11H,1-5H3/t10-,11-/m1/s1. The van der Waals surface area contributed by atoms with Crippen molar-refractivity contribution >= 4 is 23.4 Å². The average Bonchev–Trinajstić information content (AvgIpc) is 3.21. The Bertz CT molecular complexity index is 876. The molecule has 26 heavy (non-hydrogen) atoms. The lowest BCUT2D eigenvalue weighted by molar-refractivity contribution is 0.305. The number of halogens is 1. The van der Waals surface area contributed by atoms with Gasteiger partial charge in [0.15, 0.2) is 11.0 Å². The molecule has 0 spiro atoms. The summed E-state index contributed by atoms with van der Waals surface area (Å²) in [5.41, 5.74) is 0.958. The zero-order valence-electron chi connectivity index (χ0n) is 15.3. The highest BCUT2D eigenvalue weighted by Crippen LogP contribution is 2.36. The van der Waals surface area contributed by atoms with Crippen molar-refractivity contribution in [2.45, 2.75) is 37.2 Å². The Morgan fingerprint density at radius 1 is 1.08 bits per heavy atom. The van der Waals surface area contributed by atoms with Gasteiger partial charge in [-0.15, -0.1) is 20.4 Å². The van der Waals surface area contributed by atoms with E-state index in [4.69, 9.17) is 16.0 Å². The van der Waals surface area contributed by atoms with Gasteiger partial charge in [-0.1, -0.05) is 23.4 Å². The molecule has 0 fully saturated rings. The molecule has 2 atom stereocenters. The predicted molar refractivity (Wildman–Crippen MR) is 102 cm³/mol. The first-order valence-electron chi connectivity index (χ1n) is 8.21. The second kappa shape index (κ2) is 7.77. The molecule has 1 aromatic carbocycles. The summed E-state index contributed by atoms with van der Waals surface area (Å²) >= 11 is 7.58. The van der Waals surface area contributed by atoms with Crippen molar-refractivity contribution in [2.24, 2.45) is 0 Å². The summed E-state index contributed by atoms with van der Waals surface area (Å²) in [5.74, 6) is 1.97. The molecule has 0 saturated carbocycles. The van der Waals surface area contributed by atoms with Crippen LogP contribution in [0.25, 0.3) is 5.69 Å². The first-order chi connectivity index (χ1) is 12.4. The first kappa shape index (κ1) is 18.9. The Balaban J connectivity index is 2.00. The number of aromatic nitrogens is 5. The van der Waals surface area contributed by atoms with Gasteiger partial charge < -0.3 is 4.42 Å². The molecule has 2 aromatic heterocycles. The molecule has 3 aromatic rings. The number of benzene rings is 1. The fourth-order valence-corrected chi connectivity index (χ4v) is 3.41. The molecule has 0 bridgehead atoms. The SMILES string of the molecule is Cc1nnc([C@@H](C)Sc2nnc([C@@H](C)N(C)C)n2-c2ccc(Cl)cc2)o1. The molecule has 0 unspecified atom stereocenters. The molecule has 2 heterocycles.